The summed E-state index contributed by atoms with van der Waals surface area (Å²) < 4.78 is 5.43. The number of rotatable bonds is 4. The number of nitrogens with zero attached hydrogens (tertiary/aromatic N) is 1. The summed E-state index contributed by atoms with van der Waals surface area (Å²) in [6, 6.07) is 15.4. The van der Waals surface area contributed by atoms with Gasteiger partial charge in [0.05, 0.1) is 7.11 Å². The number of phenols is 1. The first-order valence-electron chi connectivity index (χ1n) is 9.45. The molecule has 1 atom stereocenters. The zero-order valence-corrected chi connectivity index (χ0v) is 14.9. The van der Waals surface area contributed by atoms with Gasteiger partial charge in [-0.15, -0.1) is 0 Å². The van der Waals surface area contributed by atoms with E-state index in [0.717, 1.165) is 31.2 Å². The van der Waals surface area contributed by atoms with E-state index in [-0.39, 0.29) is 0 Å². The van der Waals surface area contributed by atoms with Crippen LogP contribution < -0.4 is 4.74 Å². The molecule has 0 aromatic heterocycles. The highest BCUT2D eigenvalue weighted by molar-refractivity contribution is 5.40. The van der Waals surface area contributed by atoms with Crippen molar-refractivity contribution in [1.82, 2.24) is 4.90 Å². The highest BCUT2D eigenvalue weighted by Gasteiger charge is 2.33. The highest BCUT2D eigenvalue weighted by Crippen LogP contribution is 2.39. The first-order valence-corrected chi connectivity index (χ1v) is 9.45. The molecule has 1 saturated carbocycles. The lowest BCUT2D eigenvalue weighted by atomic mass is 9.87. The largest absolute Gasteiger partial charge is 0.508 e. The summed E-state index contributed by atoms with van der Waals surface area (Å²) >= 11 is 0. The number of methoxy groups -OCH3 is 1. The minimum absolute atomic E-state index is 0.338. The van der Waals surface area contributed by atoms with E-state index in [0.29, 0.717) is 11.8 Å². The topological polar surface area (TPSA) is 32.7 Å². The fourth-order valence-corrected chi connectivity index (χ4v) is 4.59. The van der Waals surface area contributed by atoms with Gasteiger partial charge in [0.1, 0.15) is 11.5 Å². The van der Waals surface area contributed by atoms with Crippen molar-refractivity contribution in [1.29, 1.82) is 0 Å². The summed E-state index contributed by atoms with van der Waals surface area (Å²) in [6.07, 6.45) is 7.49. The van der Waals surface area contributed by atoms with Crippen LogP contribution in [-0.2, 0) is 12.8 Å². The number of aromatic hydroxyl groups is 1. The monoisotopic (exact) mass is 337 g/mol. The van der Waals surface area contributed by atoms with Crippen LogP contribution in [0.3, 0.4) is 0 Å². The second-order valence-electron chi connectivity index (χ2n) is 7.38. The Hall–Kier alpha value is -2.00. The van der Waals surface area contributed by atoms with Crippen LogP contribution in [-0.4, -0.2) is 29.7 Å². The average Bonchev–Trinajstić information content (AvgIpc) is 3.17. The molecule has 1 heterocycles. The van der Waals surface area contributed by atoms with Gasteiger partial charge in [-0.3, -0.25) is 4.90 Å². The quantitative estimate of drug-likeness (QED) is 0.892. The Morgan fingerprint density at radius 1 is 1.08 bits per heavy atom. The molecule has 0 bridgehead atoms. The fraction of sp³-hybridized carbons (Fsp3) is 0.455. The lowest BCUT2D eigenvalue weighted by Crippen LogP contribution is -2.42. The second kappa shape index (κ2) is 7.09. The smallest absolute Gasteiger partial charge is 0.119 e. The van der Waals surface area contributed by atoms with Gasteiger partial charge in [0.2, 0.25) is 0 Å². The number of phenolic OH excluding ortho intramolecular Hbond substituents is 1. The van der Waals surface area contributed by atoms with E-state index >= 15 is 0 Å². The maximum atomic E-state index is 9.58. The summed E-state index contributed by atoms with van der Waals surface area (Å²) in [5.41, 5.74) is 4.17. The van der Waals surface area contributed by atoms with Crippen molar-refractivity contribution in [3.8, 4) is 11.5 Å². The minimum atomic E-state index is 0.338. The van der Waals surface area contributed by atoms with Crippen LogP contribution >= 0.6 is 0 Å². The molecule has 1 aliphatic heterocycles. The normalized spacial score (nSPS) is 21.2. The van der Waals surface area contributed by atoms with E-state index in [9.17, 15) is 5.11 Å². The number of fused-ring (bicyclic) bond motifs is 1. The van der Waals surface area contributed by atoms with Crippen molar-refractivity contribution in [3.05, 3.63) is 59.2 Å². The van der Waals surface area contributed by atoms with Crippen LogP contribution in [0.25, 0.3) is 0 Å². The van der Waals surface area contributed by atoms with Gasteiger partial charge in [0.15, 0.2) is 0 Å². The van der Waals surface area contributed by atoms with Crippen LogP contribution in [0.4, 0.5) is 0 Å². The summed E-state index contributed by atoms with van der Waals surface area (Å²) in [4.78, 5) is 2.74. The van der Waals surface area contributed by atoms with Crippen molar-refractivity contribution in [3.63, 3.8) is 0 Å². The van der Waals surface area contributed by atoms with Gasteiger partial charge >= 0.3 is 0 Å². The predicted molar refractivity (Wildman–Crippen MR) is 100 cm³/mol. The lowest BCUT2D eigenvalue weighted by molar-refractivity contribution is 0.124. The Kier molecular flexibility index (Phi) is 4.67. The third-order valence-corrected chi connectivity index (χ3v) is 5.91. The Labute approximate surface area is 150 Å². The Bertz CT molecular complexity index is 719. The molecule has 0 amide bonds. The molecule has 3 nitrogen and oxygen atoms in total. The van der Waals surface area contributed by atoms with E-state index in [1.165, 1.54) is 42.4 Å². The van der Waals surface area contributed by atoms with Crippen LogP contribution in [0, 0.1) is 0 Å². The highest BCUT2D eigenvalue weighted by atomic mass is 16.5. The number of benzene rings is 2. The van der Waals surface area contributed by atoms with Gasteiger partial charge in [0, 0.05) is 18.6 Å². The third-order valence-electron chi connectivity index (χ3n) is 5.91. The van der Waals surface area contributed by atoms with Crippen molar-refractivity contribution < 1.29 is 9.84 Å². The summed E-state index contributed by atoms with van der Waals surface area (Å²) in [7, 11) is 1.74. The molecular weight excluding hydrogens is 310 g/mol. The van der Waals surface area contributed by atoms with E-state index in [4.69, 9.17) is 4.74 Å². The zero-order valence-electron chi connectivity index (χ0n) is 14.9. The summed E-state index contributed by atoms with van der Waals surface area (Å²) in [5.74, 6) is 1.29. The molecule has 25 heavy (non-hydrogen) atoms. The molecule has 0 radical (unpaired) electrons. The molecule has 132 valence electrons. The number of hydrogen-bond acceptors (Lipinski definition) is 3. The van der Waals surface area contributed by atoms with Crippen molar-refractivity contribution in [2.75, 3.05) is 13.7 Å². The number of ether oxygens (including phenoxy) is 1. The van der Waals surface area contributed by atoms with E-state index < -0.39 is 0 Å². The molecule has 0 spiro atoms. The van der Waals surface area contributed by atoms with Gasteiger partial charge in [0.25, 0.3) is 0 Å². The molecule has 1 unspecified atom stereocenters. The standard InChI is InChI=1S/C22H27NO2/c1-25-20-10-11-21-17(15-20)12-13-23(18-4-2-3-5-18)22(21)14-16-6-8-19(24)9-7-16/h6-11,15,18,22,24H,2-5,12-14H2,1H3. The molecule has 2 aromatic rings. The van der Waals surface area contributed by atoms with Gasteiger partial charge in [-0.1, -0.05) is 31.0 Å². The molecule has 2 aromatic carbocycles. The first-order chi connectivity index (χ1) is 12.2. The van der Waals surface area contributed by atoms with Gasteiger partial charge in [-0.2, -0.15) is 0 Å². The molecule has 1 aliphatic carbocycles. The van der Waals surface area contributed by atoms with Gasteiger partial charge < -0.3 is 9.84 Å². The van der Waals surface area contributed by atoms with Crippen LogP contribution in [0.15, 0.2) is 42.5 Å². The second-order valence-corrected chi connectivity index (χ2v) is 7.38. The molecule has 2 aliphatic rings. The van der Waals surface area contributed by atoms with Crippen LogP contribution in [0.1, 0.15) is 48.4 Å². The van der Waals surface area contributed by atoms with Crippen molar-refractivity contribution in [2.45, 2.75) is 50.6 Å². The molecule has 0 saturated heterocycles. The van der Waals surface area contributed by atoms with Crippen LogP contribution in [0.2, 0.25) is 0 Å². The fourth-order valence-electron chi connectivity index (χ4n) is 4.59. The average molecular weight is 337 g/mol. The molecule has 1 fully saturated rings. The summed E-state index contributed by atoms with van der Waals surface area (Å²) in [6.45, 7) is 1.13. The molecule has 3 heteroatoms. The van der Waals surface area contributed by atoms with E-state index in [1.54, 1.807) is 19.2 Å². The lowest BCUT2D eigenvalue weighted by Gasteiger charge is -2.41. The zero-order chi connectivity index (χ0) is 17.2. The SMILES string of the molecule is COc1ccc2c(c1)CCN(C1CCCC1)C2Cc1ccc(O)cc1. The molecular formula is C22H27NO2. The Morgan fingerprint density at radius 3 is 2.56 bits per heavy atom. The van der Waals surface area contributed by atoms with Crippen molar-refractivity contribution in [2.24, 2.45) is 0 Å². The third kappa shape index (κ3) is 3.38. The minimum Gasteiger partial charge on any atom is -0.508 e. The first kappa shape index (κ1) is 16.5. The van der Waals surface area contributed by atoms with E-state index in [1.807, 2.05) is 0 Å². The van der Waals surface area contributed by atoms with Crippen molar-refractivity contribution >= 4 is 0 Å². The van der Waals surface area contributed by atoms with Gasteiger partial charge in [-0.25, -0.2) is 0 Å². The Balaban J connectivity index is 1.67. The Morgan fingerprint density at radius 2 is 1.84 bits per heavy atom. The number of hydrogen-bond donors (Lipinski definition) is 1. The predicted octanol–water partition coefficient (Wildman–Crippen LogP) is 4.49. The molecule has 1 N–H and O–H groups in total. The van der Waals surface area contributed by atoms with Crippen LogP contribution in [0.5, 0.6) is 11.5 Å². The maximum Gasteiger partial charge on any atom is 0.119 e. The molecule has 4 rings (SSSR count). The van der Waals surface area contributed by atoms with E-state index in [2.05, 4.69) is 35.2 Å². The maximum absolute atomic E-state index is 9.58. The summed E-state index contributed by atoms with van der Waals surface area (Å²) in [5, 5.41) is 9.58. The van der Waals surface area contributed by atoms with Gasteiger partial charge in [-0.05, 0) is 66.6 Å².